The summed E-state index contributed by atoms with van der Waals surface area (Å²) in [5.74, 6) is -1.36. The number of allylic oxidation sites excluding steroid dienone is 6. The van der Waals surface area contributed by atoms with E-state index in [1.54, 1.807) is 19.2 Å². The van der Waals surface area contributed by atoms with Crippen LogP contribution in [0.15, 0.2) is 98.3 Å². The minimum atomic E-state index is -4.93. The Kier molecular flexibility index (Phi) is 15.4. The molecule has 13 heteroatoms. The van der Waals surface area contributed by atoms with Crippen LogP contribution in [0.1, 0.15) is 106 Å². The molecule has 1 aromatic rings. The van der Waals surface area contributed by atoms with Crippen LogP contribution in [0, 0.1) is 10.8 Å². The number of fused-ring (bicyclic) bond motifs is 1. The molecule has 2 rings (SSSR count). The third-order valence-corrected chi connectivity index (χ3v) is 10.00. The van der Waals surface area contributed by atoms with Gasteiger partial charge < -0.3 is 24.3 Å². The zero-order valence-electron chi connectivity index (χ0n) is 33.6. The van der Waals surface area contributed by atoms with Crippen LogP contribution < -0.4 is 10.3 Å². The number of carbonyl (C=O) groups is 2. The van der Waals surface area contributed by atoms with Crippen molar-refractivity contribution < 1.29 is 23.5 Å². The quantitative estimate of drug-likeness (QED) is 0.0468. The van der Waals surface area contributed by atoms with E-state index >= 15 is 0 Å². The van der Waals surface area contributed by atoms with Gasteiger partial charge >= 0.3 is 14.9 Å². The summed E-state index contributed by atoms with van der Waals surface area (Å²) >= 11 is 0. The van der Waals surface area contributed by atoms with Gasteiger partial charge in [0.2, 0.25) is 0 Å². The highest BCUT2D eigenvalue weighted by Crippen LogP contribution is 2.34. The Morgan fingerprint density at radius 3 is 2.02 bits per heavy atom. The second-order valence-corrected chi connectivity index (χ2v) is 16.5. The van der Waals surface area contributed by atoms with E-state index in [0.717, 1.165) is 22.3 Å². The second kappa shape index (κ2) is 18.6. The first-order valence-corrected chi connectivity index (χ1v) is 19.2. The molecule has 1 unspecified atom stereocenters. The average molecular weight is 744 g/mol. The molecule has 53 heavy (non-hydrogen) atoms. The summed E-state index contributed by atoms with van der Waals surface area (Å²) in [7, 11) is -2.05. The van der Waals surface area contributed by atoms with Gasteiger partial charge in [0.05, 0.1) is 25.8 Å². The molecule has 0 saturated heterocycles. The molecule has 12 nitrogen and oxygen atoms in total. The molecule has 0 bridgehead atoms. The van der Waals surface area contributed by atoms with Crippen LogP contribution in [-0.2, 0) is 24.2 Å². The summed E-state index contributed by atoms with van der Waals surface area (Å²) in [5.41, 5.74) is 5.86. The Morgan fingerprint density at radius 1 is 0.943 bits per heavy atom. The van der Waals surface area contributed by atoms with E-state index in [1.807, 2.05) is 85.7 Å². The van der Waals surface area contributed by atoms with E-state index in [-0.39, 0.29) is 35.2 Å². The van der Waals surface area contributed by atoms with Crippen molar-refractivity contribution in [2.75, 3.05) is 14.2 Å². The fourth-order valence-corrected chi connectivity index (χ4v) is 7.56. The predicted molar refractivity (Wildman–Crippen MR) is 217 cm³/mol. The van der Waals surface area contributed by atoms with Gasteiger partial charge in [0.1, 0.15) is 11.7 Å². The number of aliphatic imine (C=N–C) groups is 2. The van der Waals surface area contributed by atoms with Gasteiger partial charge in [-0.1, -0.05) is 80.5 Å². The number of benzene rings is 1. The first-order valence-electron chi connectivity index (χ1n) is 17.4. The zero-order chi connectivity index (χ0) is 40.4. The number of nitrogens with zero attached hydrogens (tertiary/aromatic N) is 3. The molecule has 0 radical (unpaired) electrons. The number of hydrogen-bond acceptors (Lipinski definition) is 9. The predicted octanol–water partition coefficient (Wildman–Crippen LogP) is 7.11. The van der Waals surface area contributed by atoms with E-state index in [9.17, 15) is 19.8 Å². The van der Waals surface area contributed by atoms with Gasteiger partial charge in [0.15, 0.2) is 11.7 Å². The summed E-state index contributed by atoms with van der Waals surface area (Å²) < 4.78 is 12.1. The van der Waals surface area contributed by atoms with Crippen LogP contribution in [0.25, 0.3) is 0 Å². The number of nitrogens with one attached hydrogen (secondary N) is 4. The first-order chi connectivity index (χ1) is 24.6. The van der Waals surface area contributed by atoms with Gasteiger partial charge in [-0.15, -0.1) is 0 Å². The third kappa shape index (κ3) is 11.7. The van der Waals surface area contributed by atoms with E-state index < -0.39 is 27.2 Å². The molecule has 0 amide bonds. The number of carbonyl (C=O) groups excluding carboxylic acids is 2. The molecule has 1 aromatic carbocycles. The van der Waals surface area contributed by atoms with Crippen LogP contribution >= 0.6 is 0 Å². The van der Waals surface area contributed by atoms with E-state index in [0.29, 0.717) is 33.7 Å². The van der Waals surface area contributed by atoms with Gasteiger partial charge in [-0.2, -0.15) is 0 Å². The zero-order valence-corrected chi connectivity index (χ0v) is 34.6. The molecule has 1 aliphatic heterocycles. The molecule has 0 spiro atoms. The second-order valence-electron chi connectivity index (χ2n) is 14.4. The van der Waals surface area contributed by atoms with Crippen molar-refractivity contribution in [2.24, 2.45) is 9.98 Å². The van der Waals surface area contributed by atoms with Crippen LogP contribution in [0.2, 0.25) is 0 Å². The number of esters is 1. The van der Waals surface area contributed by atoms with Crippen molar-refractivity contribution in [1.29, 1.82) is 10.8 Å². The van der Waals surface area contributed by atoms with Crippen molar-refractivity contribution >= 4 is 44.2 Å². The van der Waals surface area contributed by atoms with Crippen LogP contribution in [0.3, 0.4) is 0 Å². The lowest BCUT2D eigenvalue weighted by atomic mass is 9.85. The number of methoxy groups -OCH3 is 1. The fraction of sp³-hybridized carbons (Fsp3) is 0.400. The standard InChI is InChI=1S/C40H57N7O5Si/c1-15-16-30(26(6)7)36(42)45-39-32-23-29(40(10,11)12)17-18-31(32)38(44-35(41)27(8)21-24(2)3)47(39)53(50,52-34(49)20-19-33(48)51-14)46-37(43-13)28(9)22-25(4)5/h15-18,21-23,41-43,46,50H,8,19-20H2,1-7,9-14H3/b16-15-,37-28+,41-35?,42-36?,44-38-,45-39-. The molecule has 0 fully saturated rings. The smallest absolute Gasteiger partial charge is 0.469 e. The van der Waals surface area contributed by atoms with Crippen molar-refractivity contribution in [3.8, 4) is 0 Å². The van der Waals surface area contributed by atoms with Gasteiger partial charge in [-0.3, -0.25) is 25.0 Å². The topological polar surface area (TPSA) is 173 Å². The van der Waals surface area contributed by atoms with Gasteiger partial charge in [-0.05, 0) is 78.0 Å². The lowest BCUT2D eigenvalue weighted by Gasteiger charge is -2.35. The van der Waals surface area contributed by atoms with E-state index in [2.05, 4.69) is 37.6 Å². The van der Waals surface area contributed by atoms with Crippen molar-refractivity contribution in [3.05, 3.63) is 105 Å². The maximum absolute atomic E-state index is 13.6. The highest BCUT2D eigenvalue weighted by molar-refractivity contribution is 6.71. The molecule has 0 saturated carbocycles. The molecule has 0 aromatic heterocycles. The molecule has 5 N–H and O–H groups in total. The minimum absolute atomic E-state index is 0.0582. The summed E-state index contributed by atoms with van der Waals surface area (Å²) in [4.78, 5) is 51.4. The average Bonchev–Trinajstić information content (AvgIpc) is 3.35. The lowest BCUT2D eigenvalue weighted by Crippen LogP contribution is -2.70. The monoisotopic (exact) mass is 743 g/mol. The third-order valence-electron chi connectivity index (χ3n) is 7.88. The minimum Gasteiger partial charge on any atom is -0.469 e. The molecule has 286 valence electrons. The number of rotatable bonds is 13. The SMILES string of the molecule is C=C(C=C(C)C)C(=N)/N=C1/c2ccc(C(C)(C)C)cc2/C(=N/C(=N)C(/C=C\C)=C(C)C)N1[Si](O)(N/C(NC)=C(\C)C=C(C)C)OC(=O)CCC(=O)OC. The number of ether oxygens (including phenoxy) is 1. The molecule has 1 atom stereocenters. The summed E-state index contributed by atoms with van der Waals surface area (Å²) in [6.07, 6.45) is 6.52. The molecular formula is C40H57N7O5Si. The molecule has 0 aliphatic carbocycles. The van der Waals surface area contributed by atoms with E-state index in [4.69, 9.17) is 24.6 Å². The van der Waals surface area contributed by atoms with E-state index in [1.165, 1.54) is 11.7 Å². The highest BCUT2D eigenvalue weighted by Gasteiger charge is 2.56. The van der Waals surface area contributed by atoms with Crippen molar-refractivity contribution in [2.45, 2.75) is 94.4 Å². The van der Waals surface area contributed by atoms with Gasteiger partial charge in [0.25, 0.3) is 5.97 Å². The van der Waals surface area contributed by atoms with Crippen molar-refractivity contribution in [3.63, 3.8) is 0 Å². The largest absolute Gasteiger partial charge is 0.660 e. The molecule has 1 heterocycles. The fourth-order valence-electron chi connectivity index (χ4n) is 5.32. The van der Waals surface area contributed by atoms with Crippen LogP contribution in [0.5, 0.6) is 0 Å². The highest BCUT2D eigenvalue weighted by atomic mass is 28.4. The summed E-state index contributed by atoms with van der Waals surface area (Å²) in [5, 5.41) is 21.3. The Bertz CT molecular complexity index is 1860. The molecular weight excluding hydrogens is 687 g/mol. The maximum atomic E-state index is 13.6. The molecule has 1 aliphatic rings. The Balaban J connectivity index is 3.24. The Morgan fingerprint density at radius 2 is 1.51 bits per heavy atom. The number of amidine groups is 4. The first kappa shape index (κ1) is 44.0. The normalized spacial score (nSPS) is 15.5. The van der Waals surface area contributed by atoms with Crippen molar-refractivity contribution in [1.82, 2.24) is 14.9 Å². The Labute approximate surface area is 316 Å². The maximum Gasteiger partial charge on any atom is 0.660 e. The Hall–Kier alpha value is -5.14. The van der Waals surface area contributed by atoms with Crippen LogP contribution in [0.4, 0.5) is 0 Å². The number of hydrogen-bond donors (Lipinski definition) is 5. The van der Waals surface area contributed by atoms with Gasteiger partial charge in [-0.25, -0.2) is 9.98 Å². The summed E-state index contributed by atoms with van der Waals surface area (Å²) in [6.45, 7) is 25.2. The summed E-state index contributed by atoms with van der Waals surface area (Å²) in [6, 6.07) is 5.68. The van der Waals surface area contributed by atoms with Crippen LogP contribution in [-0.4, -0.2) is 67.7 Å². The lowest BCUT2D eigenvalue weighted by molar-refractivity contribution is -0.145. The van der Waals surface area contributed by atoms with Gasteiger partial charge in [0, 0.05) is 29.3 Å².